The van der Waals surface area contributed by atoms with Gasteiger partial charge in [-0.3, -0.25) is 4.79 Å². The Morgan fingerprint density at radius 2 is 2.13 bits per heavy atom. The van der Waals surface area contributed by atoms with Gasteiger partial charge in [0.1, 0.15) is 0 Å². The Kier molecular flexibility index (Phi) is 10.1. The summed E-state index contributed by atoms with van der Waals surface area (Å²) in [5.74, 6) is 0.659. The zero-order valence-corrected chi connectivity index (χ0v) is 14.5. The first kappa shape index (κ1) is 19.5. The summed E-state index contributed by atoms with van der Waals surface area (Å²) in [7, 11) is 1.63. The molecule has 0 aromatic heterocycles. The molecule has 0 saturated carbocycles. The number of thioether (sulfide) groups is 1. The van der Waals surface area contributed by atoms with Gasteiger partial charge in [0.15, 0.2) is 0 Å². The summed E-state index contributed by atoms with van der Waals surface area (Å²) in [6, 6.07) is 9.87. The lowest BCUT2D eigenvalue weighted by Gasteiger charge is -2.11. The molecule has 1 atom stereocenters. The van der Waals surface area contributed by atoms with Crippen LogP contribution in [0.1, 0.15) is 19.8 Å². The molecule has 1 N–H and O–H groups in total. The summed E-state index contributed by atoms with van der Waals surface area (Å²) in [6.07, 6.45) is 1.09. The van der Waals surface area contributed by atoms with Crippen LogP contribution in [0.4, 0.5) is 5.69 Å². The molecule has 0 radical (unpaired) electrons. The van der Waals surface area contributed by atoms with Gasteiger partial charge >= 0.3 is 0 Å². The van der Waals surface area contributed by atoms with Crippen LogP contribution in [0.5, 0.6) is 0 Å². The lowest BCUT2D eigenvalue weighted by Crippen LogP contribution is -2.13. The molecule has 0 fully saturated rings. The largest absolute Gasteiger partial charge is 0.382 e. The fourth-order valence-corrected chi connectivity index (χ4v) is 2.69. The summed E-state index contributed by atoms with van der Waals surface area (Å²) in [5.41, 5.74) is 0.799. The number of hydrogen-bond donors (Lipinski definition) is 1. The van der Waals surface area contributed by atoms with E-state index in [1.165, 1.54) is 0 Å². The van der Waals surface area contributed by atoms with Crippen molar-refractivity contribution in [1.82, 2.24) is 0 Å². The summed E-state index contributed by atoms with van der Waals surface area (Å²) >= 11 is 1.58. The minimum Gasteiger partial charge on any atom is -0.382 e. The van der Waals surface area contributed by atoms with E-state index in [9.17, 15) is 4.79 Å². The molecule has 0 aliphatic heterocycles. The van der Waals surface area contributed by atoms with Crippen molar-refractivity contribution in [2.45, 2.75) is 24.7 Å². The molecule has 1 rings (SSSR count). The van der Waals surface area contributed by atoms with Crippen molar-refractivity contribution in [2.75, 3.05) is 38.0 Å². The third-order valence-electron chi connectivity index (χ3n) is 2.99. The van der Waals surface area contributed by atoms with Crippen LogP contribution in [0.2, 0.25) is 0 Å². The maximum atomic E-state index is 12.0. The number of ether oxygens (including phenoxy) is 2. The Morgan fingerprint density at radius 3 is 2.87 bits per heavy atom. The summed E-state index contributed by atoms with van der Waals surface area (Å²) in [5, 5.41) is 11.8. The second kappa shape index (κ2) is 11.9. The molecule has 1 unspecified atom stereocenters. The van der Waals surface area contributed by atoms with Gasteiger partial charge in [-0.25, -0.2) is 0 Å². The van der Waals surface area contributed by atoms with Gasteiger partial charge in [0.25, 0.3) is 0 Å². The predicted molar refractivity (Wildman–Crippen MR) is 92.5 cm³/mol. The molecule has 0 heterocycles. The Bertz CT molecular complexity index is 517. The van der Waals surface area contributed by atoms with Gasteiger partial charge in [-0.15, -0.1) is 11.8 Å². The van der Waals surface area contributed by atoms with Gasteiger partial charge in [-0.05, 0) is 25.5 Å². The fraction of sp³-hybridized carbons (Fsp3) is 0.529. The minimum atomic E-state index is -0.0262. The van der Waals surface area contributed by atoms with Crippen LogP contribution >= 0.6 is 11.8 Å². The summed E-state index contributed by atoms with van der Waals surface area (Å²) < 4.78 is 10.2. The predicted octanol–water partition coefficient (Wildman–Crippen LogP) is 3.32. The van der Waals surface area contributed by atoms with E-state index in [0.29, 0.717) is 38.4 Å². The van der Waals surface area contributed by atoms with Crippen molar-refractivity contribution >= 4 is 23.4 Å². The second-order valence-corrected chi connectivity index (χ2v) is 6.16. The van der Waals surface area contributed by atoms with E-state index < -0.39 is 0 Å². The third kappa shape index (κ3) is 8.60. The number of hydrogen-bond acceptors (Lipinski definition) is 5. The molecule has 0 spiro atoms. The first-order valence-corrected chi connectivity index (χ1v) is 8.64. The van der Waals surface area contributed by atoms with Gasteiger partial charge in [0.2, 0.25) is 5.91 Å². The van der Waals surface area contributed by atoms with Crippen LogP contribution in [0, 0.1) is 17.2 Å². The number of para-hydroxylation sites is 1. The highest BCUT2D eigenvalue weighted by Crippen LogP contribution is 2.28. The van der Waals surface area contributed by atoms with Crippen molar-refractivity contribution in [3.8, 4) is 6.07 Å². The van der Waals surface area contributed by atoms with Crippen LogP contribution in [0.3, 0.4) is 0 Å². The van der Waals surface area contributed by atoms with Crippen LogP contribution in [0.25, 0.3) is 0 Å². The van der Waals surface area contributed by atoms with E-state index in [2.05, 4.69) is 11.4 Å². The average Bonchev–Trinajstić information content (AvgIpc) is 2.57. The number of rotatable bonds is 11. The second-order valence-electron chi connectivity index (χ2n) is 5.09. The van der Waals surface area contributed by atoms with E-state index in [4.69, 9.17) is 14.7 Å². The third-order valence-corrected chi connectivity index (χ3v) is 4.33. The lowest BCUT2D eigenvalue weighted by molar-refractivity contribution is -0.116. The topological polar surface area (TPSA) is 71.3 Å². The van der Waals surface area contributed by atoms with Gasteiger partial charge in [-0.1, -0.05) is 12.1 Å². The molecule has 0 aliphatic rings. The number of carbonyl (C=O) groups excluding carboxylic acids is 1. The van der Waals surface area contributed by atoms with Gasteiger partial charge in [0, 0.05) is 30.8 Å². The lowest BCUT2D eigenvalue weighted by atomic mass is 10.2. The summed E-state index contributed by atoms with van der Waals surface area (Å²) in [6.45, 7) is 3.55. The van der Waals surface area contributed by atoms with E-state index >= 15 is 0 Å². The van der Waals surface area contributed by atoms with Gasteiger partial charge in [-0.2, -0.15) is 5.26 Å². The molecule has 23 heavy (non-hydrogen) atoms. The maximum absolute atomic E-state index is 12.0. The summed E-state index contributed by atoms with van der Waals surface area (Å²) in [4.78, 5) is 13.0. The smallest absolute Gasteiger partial charge is 0.224 e. The minimum absolute atomic E-state index is 0.0204. The van der Waals surface area contributed by atoms with Crippen molar-refractivity contribution in [2.24, 2.45) is 5.92 Å². The number of methoxy groups -OCH3 is 1. The highest BCUT2D eigenvalue weighted by atomic mass is 32.2. The number of anilines is 1. The van der Waals surface area contributed by atoms with Crippen LogP contribution < -0.4 is 5.32 Å². The number of amides is 1. The monoisotopic (exact) mass is 336 g/mol. The first-order chi connectivity index (χ1) is 11.2. The van der Waals surface area contributed by atoms with E-state index in [1.54, 1.807) is 18.9 Å². The quantitative estimate of drug-likeness (QED) is 0.496. The van der Waals surface area contributed by atoms with Gasteiger partial charge in [0.05, 0.1) is 30.9 Å². The molecule has 1 aromatic carbocycles. The molecular weight excluding hydrogens is 312 g/mol. The fourth-order valence-electron chi connectivity index (χ4n) is 1.74. The highest BCUT2D eigenvalue weighted by molar-refractivity contribution is 7.99. The van der Waals surface area contributed by atoms with Crippen LogP contribution in [-0.4, -0.2) is 38.6 Å². The zero-order chi connectivity index (χ0) is 16.9. The van der Waals surface area contributed by atoms with E-state index in [1.807, 2.05) is 31.2 Å². The number of nitrogens with zero attached hydrogens (tertiary/aromatic N) is 1. The van der Waals surface area contributed by atoms with Crippen LogP contribution in [0.15, 0.2) is 29.2 Å². The maximum Gasteiger partial charge on any atom is 0.224 e. The van der Waals surface area contributed by atoms with E-state index in [-0.39, 0.29) is 11.8 Å². The Labute approximate surface area is 142 Å². The molecule has 0 saturated heterocycles. The van der Waals surface area contributed by atoms with E-state index in [0.717, 1.165) is 10.6 Å². The average molecular weight is 336 g/mol. The molecule has 126 valence electrons. The Balaban J connectivity index is 2.38. The number of carbonyl (C=O) groups is 1. The number of nitrogens with one attached hydrogen (secondary N) is 1. The molecular formula is C17H24N2O3S. The van der Waals surface area contributed by atoms with Crippen molar-refractivity contribution in [3.63, 3.8) is 0 Å². The normalized spacial score (nSPS) is 11.7. The Morgan fingerprint density at radius 1 is 1.35 bits per heavy atom. The molecule has 1 aromatic rings. The number of benzene rings is 1. The molecule has 1 amide bonds. The first-order valence-electron chi connectivity index (χ1n) is 7.65. The molecule has 0 aliphatic carbocycles. The molecule has 0 bridgehead atoms. The van der Waals surface area contributed by atoms with Crippen LogP contribution in [-0.2, 0) is 14.3 Å². The van der Waals surface area contributed by atoms with Crippen molar-refractivity contribution in [1.29, 1.82) is 5.26 Å². The molecule has 5 nitrogen and oxygen atoms in total. The van der Waals surface area contributed by atoms with Crippen molar-refractivity contribution in [3.05, 3.63) is 24.3 Å². The Hall–Kier alpha value is -1.55. The zero-order valence-electron chi connectivity index (χ0n) is 13.7. The highest BCUT2D eigenvalue weighted by Gasteiger charge is 2.08. The standard InChI is InChI=1S/C17H24N2O3S/c1-14(12-18)13-23-16-7-4-3-6-15(16)19-17(20)8-5-9-22-11-10-21-2/h3-4,6-7,14H,5,8-11,13H2,1-2H3,(H,19,20). The van der Waals surface area contributed by atoms with Gasteiger partial charge < -0.3 is 14.8 Å². The SMILES string of the molecule is COCCOCCCC(=O)Nc1ccccc1SCC(C)C#N. The van der Waals surface area contributed by atoms with Crippen molar-refractivity contribution < 1.29 is 14.3 Å². The molecule has 6 heteroatoms. The number of nitriles is 1.